The Morgan fingerprint density at radius 3 is 2.29 bits per heavy atom. The van der Waals surface area contributed by atoms with Crippen LogP contribution < -0.4 is 10.1 Å². The van der Waals surface area contributed by atoms with Gasteiger partial charge in [0, 0.05) is 12.7 Å². The number of carbonyl (C=O) groups excluding carboxylic acids is 1. The monoisotopic (exact) mass is 504 g/mol. The smallest absolute Gasteiger partial charge is 0.337 e. The van der Waals surface area contributed by atoms with Gasteiger partial charge < -0.3 is 19.4 Å². The molecule has 0 aliphatic carbocycles. The van der Waals surface area contributed by atoms with Gasteiger partial charge in [-0.15, -0.1) is 0 Å². The molecule has 0 bridgehead atoms. The summed E-state index contributed by atoms with van der Waals surface area (Å²) in [5.74, 6) is 1.01. The minimum absolute atomic E-state index is 0.327. The number of hydrogen-bond acceptors (Lipinski definition) is 8. The van der Waals surface area contributed by atoms with Crippen LogP contribution in [-0.2, 0) is 11.8 Å². The topological polar surface area (TPSA) is 115 Å². The maximum Gasteiger partial charge on any atom is 0.337 e. The SMILES string of the molecule is COC(=O)c1ccc(-c2cc(C)c(Oc3nc(Nc4ccc(C#N)cc4)nc4ncn(C)c34)c(C)c2)cc1. The van der Waals surface area contributed by atoms with E-state index in [2.05, 4.69) is 26.3 Å². The molecule has 38 heavy (non-hydrogen) atoms. The zero-order chi connectivity index (χ0) is 26.8. The Labute approximate surface area is 219 Å². The Balaban J connectivity index is 1.48. The third kappa shape index (κ3) is 4.75. The molecule has 1 N–H and O–H groups in total. The number of anilines is 2. The van der Waals surface area contributed by atoms with Crippen LogP contribution in [0.5, 0.6) is 11.6 Å². The van der Waals surface area contributed by atoms with Crippen LogP contribution in [0.3, 0.4) is 0 Å². The van der Waals surface area contributed by atoms with Crippen molar-refractivity contribution in [2.45, 2.75) is 13.8 Å². The summed E-state index contributed by atoms with van der Waals surface area (Å²) in [6.07, 6.45) is 1.67. The number of methoxy groups -OCH3 is 1. The molecule has 0 aliphatic rings. The number of imidazole rings is 1. The first-order valence-corrected chi connectivity index (χ1v) is 11.8. The van der Waals surface area contributed by atoms with Crippen LogP contribution in [0.25, 0.3) is 22.3 Å². The first kappa shape index (κ1) is 24.5. The van der Waals surface area contributed by atoms with Crippen molar-refractivity contribution in [2.24, 2.45) is 7.05 Å². The Kier molecular flexibility index (Phi) is 6.46. The molecule has 0 amide bonds. The van der Waals surface area contributed by atoms with E-state index in [1.807, 2.05) is 49.7 Å². The van der Waals surface area contributed by atoms with Crippen molar-refractivity contribution in [1.29, 1.82) is 5.26 Å². The van der Waals surface area contributed by atoms with E-state index in [1.54, 1.807) is 42.7 Å². The number of fused-ring (bicyclic) bond motifs is 1. The molecular weight excluding hydrogens is 480 g/mol. The normalized spacial score (nSPS) is 10.7. The average Bonchev–Trinajstić information content (AvgIpc) is 3.31. The van der Waals surface area contributed by atoms with E-state index in [4.69, 9.17) is 14.7 Å². The highest BCUT2D eigenvalue weighted by molar-refractivity contribution is 5.90. The largest absolute Gasteiger partial charge is 0.465 e. The fraction of sp³-hybridized carbons (Fsp3) is 0.138. The molecule has 9 nitrogen and oxygen atoms in total. The van der Waals surface area contributed by atoms with Crippen LogP contribution in [0, 0.1) is 25.2 Å². The minimum Gasteiger partial charge on any atom is -0.465 e. The standard InChI is InChI=1S/C29H24N6O3/c1-17-13-22(20-7-9-21(10-8-20)28(36)37-4)14-18(2)25(17)38-27-24-26(31-16-35(24)3)33-29(34-27)32-23-11-5-19(15-30)6-12-23/h5-14,16H,1-4H3,(H,32,33,34). The lowest BCUT2D eigenvalue weighted by atomic mass is 9.99. The van der Waals surface area contributed by atoms with E-state index in [-0.39, 0.29) is 5.97 Å². The van der Waals surface area contributed by atoms with Gasteiger partial charge in [-0.2, -0.15) is 15.2 Å². The number of rotatable bonds is 6. The highest BCUT2D eigenvalue weighted by atomic mass is 16.5. The molecule has 0 aliphatic heterocycles. The van der Waals surface area contributed by atoms with Gasteiger partial charge in [-0.3, -0.25) is 0 Å². The first-order chi connectivity index (χ1) is 18.4. The molecule has 0 unspecified atom stereocenters. The van der Waals surface area contributed by atoms with Gasteiger partial charge in [0.1, 0.15) is 5.75 Å². The van der Waals surface area contributed by atoms with Crippen LogP contribution in [-0.4, -0.2) is 32.6 Å². The molecule has 0 spiro atoms. The molecule has 9 heteroatoms. The number of esters is 1. The van der Waals surface area contributed by atoms with Crippen molar-refractivity contribution in [3.05, 3.63) is 89.2 Å². The van der Waals surface area contributed by atoms with Gasteiger partial charge in [0.2, 0.25) is 5.95 Å². The molecule has 0 fully saturated rings. The molecule has 2 aromatic heterocycles. The van der Waals surface area contributed by atoms with Gasteiger partial charge >= 0.3 is 5.97 Å². The van der Waals surface area contributed by atoms with Crippen molar-refractivity contribution >= 4 is 28.8 Å². The van der Waals surface area contributed by atoms with E-state index in [1.165, 1.54) is 7.11 Å². The number of aryl methyl sites for hydroxylation is 3. The number of benzene rings is 3. The number of hydrogen-bond donors (Lipinski definition) is 1. The van der Waals surface area contributed by atoms with E-state index in [0.717, 1.165) is 27.9 Å². The van der Waals surface area contributed by atoms with E-state index < -0.39 is 0 Å². The third-order valence-electron chi connectivity index (χ3n) is 6.11. The second-order valence-corrected chi connectivity index (χ2v) is 8.80. The van der Waals surface area contributed by atoms with Crippen LogP contribution >= 0.6 is 0 Å². The predicted octanol–water partition coefficient (Wildman–Crippen LogP) is 5.84. The van der Waals surface area contributed by atoms with Crippen molar-refractivity contribution in [1.82, 2.24) is 19.5 Å². The summed E-state index contributed by atoms with van der Waals surface area (Å²) in [6.45, 7) is 3.96. The number of nitrogens with one attached hydrogen (secondary N) is 1. The number of aromatic nitrogens is 4. The minimum atomic E-state index is -0.368. The zero-order valence-corrected chi connectivity index (χ0v) is 21.3. The molecule has 2 heterocycles. The first-order valence-electron chi connectivity index (χ1n) is 11.8. The summed E-state index contributed by atoms with van der Waals surface area (Å²) >= 11 is 0. The Morgan fingerprint density at radius 2 is 1.66 bits per heavy atom. The molecule has 0 atom stereocenters. The van der Waals surface area contributed by atoms with Gasteiger partial charge in [0.05, 0.1) is 30.6 Å². The lowest BCUT2D eigenvalue weighted by Crippen LogP contribution is -2.03. The molecule has 3 aromatic carbocycles. The zero-order valence-electron chi connectivity index (χ0n) is 21.3. The second kappa shape index (κ2) is 10.0. The summed E-state index contributed by atoms with van der Waals surface area (Å²) in [5, 5.41) is 12.2. The highest BCUT2D eigenvalue weighted by Gasteiger charge is 2.17. The molecule has 0 radical (unpaired) electrons. The number of nitrogens with zero attached hydrogens (tertiary/aromatic N) is 5. The maximum atomic E-state index is 11.8. The van der Waals surface area contributed by atoms with Crippen molar-refractivity contribution in [2.75, 3.05) is 12.4 Å². The quantitative estimate of drug-likeness (QED) is 0.287. The van der Waals surface area contributed by atoms with Gasteiger partial charge in [-0.05, 0) is 84.6 Å². The van der Waals surface area contributed by atoms with E-state index in [9.17, 15) is 4.79 Å². The highest BCUT2D eigenvalue weighted by Crippen LogP contribution is 2.35. The number of carbonyl (C=O) groups is 1. The van der Waals surface area contributed by atoms with Gasteiger partial charge in [0.25, 0.3) is 5.88 Å². The summed E-state index contributed by atoms with van der Waals surface area (Å²) in [5.41, 5.74) is 6.78. The summed E-state index contributed by atoms with van der Waals surface area (Å²) in [7, 11) is 3.23. The Morgan fingerprint density at radius 1 is 0.974 bits per heavy atom. The predicted molar refractivity (Wildman–Crippen MR) is 144 cm³/mol. The van der Waals surface area contributed by atoms with Crippen LogP contribution in [0.4, 0.5) is 11.6 Å². The third-order valence-corrected chi connectivity index (χ3v) is 6.11. The van der Waals surface area contributed by atoms with Crippen molar-refractivity contribution in [3.63, 3.8) is 0 Å². The van der Waals surface area contributed by atoms with Crippen LogP contribution in [0.1, 0.15) is 27.0 Å². The van der Waals surface area contributed by atoms with Gasteiger partial charge in [-0.1, -0.05) is 12.1 Å². The summed E-state index contributed by atoms with van der Waals surface area (Å²) in [6, 6.07) is 20.5. The van der Waals surface area contributed by atoms with Crippen molar-refractivity contribution < 1.29 is 14.3 Å². The second-order valence-electron chi connectivity index (χ2n) is 8.80. The molecule has 188 valence electrons. The van der Waals surface area contributed by atoms with Gasteiger partial charge in [-0.25, -0.2) is 9.78 Å². The molecule has 0 saturated heterocycles. The lowest BCUT2D eigenvalue weighted by molar-refractivity contribution is 0.0600. The fourth-order valence-corrected chi connectivity index (χ4v) is 4.20. The summed E-state index contributed by atoms with van der Waals surface area (Å²) in [4.78, 5) is 25.3. The Hall–Kier alpha value is -5.23. The Bertz CT molecular complexity index is 1680. The van der Waals surface area contributed by atoms with Crippen molar-refractivity contribution in [3.8, 4) is 28.8 Å². The van der Waals surface area contributed by atoms with E-state index in [0.29, 0.717) is 39.9 Å². The average molecular weight is 505 g/mol. The molecule has 5 rings (SSSR count). The summed E-state index contributed by atoms with van der Waals surface area (Å²) < 4.78 is 13.0. The van der Waals surface area contributed by atoms with E-state index >= 15 is 0 Å². The fourth-order valence-electron chi connectivity index (χ4n) is 4.20. The molecule has 0 saturated carbocycles. The number of ether oxygens (including phenoxy) is 2. The number of nitriles is 1. The maximum absolute atomic E-state index is 11.8. The van der Waals surface area contributed by atoms with Gasteiger partial charge in [0.15, 0.2) is 11.2 Å². The lowest BCUT2D eigenvalue weighted by Gasteiger charge is -2.15. The van der Waals surface area contributed by atoms with Crippen LogP contribution in [0.15, 0.2) is 67.0 Å². The van der Waals surface area contributed by atoms with Crippen LogP contribution in [0.2, 0.25) is 0 Å². The molecule has 5 aromatic rings. The molecular formula is C29H24N6O3.